The number of hydrazone groups is 1. The van der Waals surface area contributed by atoms with E-state index in [2.05, 4.69) is 42.4 Å². The van der Waals surface area contributed by atoms with Crippen molar-refractivity contribution in [2.45, 2.75) is 20.8 Å². The average Bonchev–Trinajstić information content (AvgIpc) is 2.54. The molecule has 0 aliphatic rings. The van der Waals surface area contributed by atoms with Crippen LogP contribution in [0.4, 0.5) is 0 Å². The van der Waals surface area contributed by atoms with Crippen LogP contribution in [0.5, 0.6) is 5.75 Å². The minimum absolute atomic E-state index is 0.106. The van der Waals surface area contributed by atoms with Crippen molar-refractivity contribution in [3.05, 3.63) is 62.5 Å². The predicted octanol–water partition coefficient (Wildman–Crippen LogP) is 5.08. The lowest BCUT2D eigenvalue weighted by Gasteiger charge is -2.12. The number of ether oxygens (including phenoxy) is 1. The maximum absolute atomic E-state index is 12.1. The zero-order valence-corrected chi connectivity index (χ0v) is 17.5. The number of aryl methyl sites for hydroxylation is 1. The first kappa shape index (κ1) is 19.7. The smallest absolute Gasteiger partial charge is 0.277 e. The number of carbonyl (C=O) groups is 1. The third-order valence-electron chi connectivity index (χ3n) is 3.46. The minimum atomic E-state index is -0.303. The molecule has 0 aromatic heterocycles. The van der Waals surface area contributed by atoms with E-state index in [1.54, 1.807) is 0 Å². The van der Waals surface area contributed by atoms with Crippen molar-refractivity contribution >= 4 is 43.5 Å². The van der Waals surface area contributed by atoms with E-state index in [0.29, 0.717) is 5.75 Å². The lowest BCUT2D eigenvalue weighted by Crippen LogP contribution is -2.27. The van der Waals surface area contributed by atoms with E-state index >= 15 is 0 Å². The highest BCUT2D eigenvalue weighted by molar-refractivity contribution is 9.11. The fourth-order valence-corrected chi connectivity index (χ4v) is 3.85. The molecule has 1 amide bonds. The molecule has 1 N–H and O–H groups in total. The van der Waals surface area contributed by atoms with E-state index in [9.17, 15) is 4.79 Å². The van der Waals surface area contributed by atoms with Gasteiger partial charge in [-0.05, 0) is 52.0 Å². The van der Waals surface area contributed by atoms with E-state index in [-0.39, 0.29) is 18.4 Å². The van der Waals surface area contributed by atoms with Crippen molar-refractivity contribution in [3.8, 4) is 5.75 Å². The largest absolute Gasteiger partial charge is 0.482 e. The summed E-state index contributed by atoms with van der Waals surface area (Å²) in [7, 11) is 0. The molecule has 0 saturated heterocycles. The number of rotatable bonds is 6. The second-order valence-electron chi connectivity index (χ2n) is 5.88. The van der Waals surface area contributed by atoms with Crippen molar-refractivity contribution in [1.29, 1.82) is 0 Å². The van der Waals surface area contributed by atoms with E-state index in [4.69, 9.17) is 4.74 Å². The van der Waals surface area contributed by atoms with Crippen LogP contribution in [0, 0.1) is 12.8 Å². The SMILES string of the molecule is Cc1cc(Br)cc(Br)c1OCC(=O)NN=C(c1ccccc1)C(C)C. The molecule has 2 rings (SSSR count). The van der Waals surface area contributed by atoms with Gasteiger partial charge in [0.2, 0.25) is 0 Å². The summed E-state index contributed by atoms with van der Waals surface area (Å²) in [5.41, 5.74) is 5.34. The Labute approximate surface area is 164 Å². The van der Waals surface area contributed by atoms with Gasteiger partial charge in [0.25, 0.3) is 5.91 Å². The first-order chi connectivity index (χ1) is 11.9. The Bertz CT molecular complexity index is 751. The molecule has 0 fully saturated rings. The molecule has 0 radical (unpaired) electrons. The van der Waals surface area contributed by atoms with Crippen LogP contribution in [0.3, 0.4) is 0 Å². The summed E-state index contributed by atoms with van der Waals surface area (Å²) < 4.78 is 7.38. The topological polar surface area (TPSA) is 50.7 Å². The van der Waals surface area contributed by atoms with Crippen LogP contribution in [0.25, 0.3) is 0 Å². The number of hydrogen-bond donors (Lipinski definition) is 1. The van der Waals surface area contributed by atoms with Crippen LogP contribution < -0.4 is 10.2 Å². The van der Waals surface area contributed by atoms with Gasteiger partial charge in [-0.25, -0.2) is 5.43 Å². The summed E-state index contributed by atoms with van der Waals surface area (Å²) >= 11 is 6.87. The molecule has 0 bridgehead atoms. The Morgan fingerprint density at radius 3 is 2.48 bits per heavy atom. The van der Waals surface area contributed by atoms with Crippen molar-refractivity contribution in [3.63, 3.8) is 0 Å². The highest BCUT2D eigenvalue weighted by Crippen LogP contribution is 2.32. The number of hydrogen-bond acceptors (Lipinski definition) is 3. The van der Waals surface area contributed by atoms with Gasteiger partial charge < -0.3 is 4.74 Å². The lowest BCUT2D eigenvalue weighted by molar-refractivity contribution is -0.123. The number of nitrogens with one attached hydrogen (secondary N) is 1. The van der Waals surface area contributed by atoms with E-state index in [0.717, 1.165) is 25.8 Å². The lowest BCUT2D eigenvalue weighted by atomic mass is 10.0. The average molecular weight is 468 g/mol. The van der Waals surface area contributed by atoms with Gasteiger partial charge in [-0.1, -0.05) is 60.1 Å². The van der Waals surface area contributed by atoms with Gasteiger partial charge in [-0.15, -0.1) is 0 Å². The van der Waals surface area contributed by atoms with Crippen LogP contribution in [-0.2, 0) is 4.79 Å². The Kier molecular flexibility index (Phi) is 7.20. The summed E-state index contributed by atoms with van der Waals surface area (Å²) in [5, 5.41) is 4.28. The van der Waals surface area contributed by atoms with E-state index < -0.39 is 0 Å². The van der Waals surface area contributed by atoms with E-state index in [1.165, 1.54) is 0 Å². The Morgan fingerprint density at radius 2 is 1.88 bits per heavy atom. The van der Waals surface area contributed by atoms with Gasteiger partial charge >= 0.3 is 0 Å². The zero-order chi connectivity index (χ0) is 18.4. The van der Waals surface area contributed by atoms with Gasteiger partial charge in [0.1, 0.15) is 5.75 Å². The third-order valence-corrected chi connectivity index (χ3v) is 4.51. The molecule has 25 heavy (non-hydrogen) atoms. The molecule has 0 aliphatic heterocycles. The molecule has 0 spiro atoms. The van der Waals surface area contributed by atoms with Crippen LogP contribution in [0.2, 0.25) is 0 Å². The molecule has 0 aliphatic carbocycles. The molecular formula is C19H20Br2N2O2. The second kappa shape index (κ2) is 9.15. The number of amides is 1. The second-order valence-corrected chi connectivity index (χ2v) is 7.65. The van der Waals surface area contributed by atoms with Crippen LogP contribution >= 0.6 is 31.9 Å². The first-order valence-corrected chi connectivity index (χ1v) is 9.47. The van der Waals surface area contributed by atoms with Gasteiger partial charge in [0.05, 0.1) is 10.2 Å². The molecule has 6 heteroatoms. The number of halogens is 2. The fraction of sp³-hybridized carbons (Fsp3) is 0.263. The maximum atomic E-state index is 12.1. The predicted molar refractivity (Wildman–Crippen MR) is 108 cm³/mol. The Morgan fingerprint density at radius 1 is 1.20 bits per heavy atom. The van der Waals surface area contributed by atoms with Crippen molar-refractivity contribution in [1.82, 2.24) is 5.43 Å². The standard InChI is InChI=1S/C19H20Br2N2O2/c1-12(2)18(14-7-5-4-6-8-14)23-22-17(24)11-25-19-13(3)9-15(20)10-16(19)21/h4-10,12H,11H2,1-3H3,(H,22,24). The summed E-state index contributed by atoms with van der Waals surface area (Å²) in [5.74, 6) is 0.532. The Balaban J connectivity index is 2.02. The van der Waals surface area contributed by atoms with E-state index in [1.807, 2.05) is 63.2 Å². The molecule has 0 unspecified atom stereocenters. The van der Waals surface area contributed by atoms with Crippen LogP contribution in [0.15, 0.2) is 56.5 Å². The highest BCUT2D eigenvalue weighted by atomic mass is 79.9. The van der Waals surface area contributed by atoms with Crippen molar-refractivity contribution < 1.29 is 9.53 Å². The normalized spacial score (nSPS) is 11.5. The van der Waals surface area contributed by atoms with Gasteiger partial charge in [0, 0.05) is 4.47 Å². The highest BCUT2D eigenvalue weighted by Gasteiger charge is 2.11. The summed E-state index contributed by atoms with van der Waals surface area (Å²) in [6.07, 6.45) is 0. The van der Waals surface area contributed by atoms with Crippen molar-refractivity contribution in [2.75, 3.05) is 6.61 Å². The number of benzene rings is 2. The van der Waals surface area contributed by atoms with Crippen LogP contribution in [-0.4, -0.2) is 18.2 Å². The zero-order valence-electron chi connectivity index (χ0n) is 14.3. The molecular weight excluding hydrogens is 448 g/mol. The van der Waals surface area contributed by atoms with Gasteiger partial charge in [-0.2, -0.15) is 5.10 Å². The van der Waals surface area contributed by atoms with Crippen LogP contribution in [0.1, 0.15) is 25.0 Å². The minimum Gasteiger partial charge on any atom is -0.482 e. The molecule has 132 valence electrons. The summed E-state index contributed by atoms with van der Waals surface area (Å²) in [6.45, 7) is 5.89. The first-order valence-electron chi connectivity index (χ1n) is 7.88. The summed E-state index contributed by atoms with van der Waals surface area (Å²) in [6, 6.07) is 13.6. The molecule has 0 saturated carbocycles. The monoisotopic (exact) mass is 466 g/mol. The molecule has 2 aromatic carbocycles. The van der Waals surface area contributed by atoms with Gasteiger partial charge in [0.15, 0.2) is 6.61 Å². The number of carbonyl (C=O) groups excluding carboxylic acids is 1. The maximum Gasteiger partial charge on any atom is 0.277 e. The van der Waals surface area contributed by atoms with Gasteiger partial charge in [-0.3, -0.25) is 4.79 Å². The fourth-order valence-electron chi connectivity index (χ4n) is 2.30. The quantitative estimate of drug-likeness (QED) is 0.476. The molecule has 0 heterocycles. The Hall–Kier alpha value is -1.66. The molecule has 4 nitrogen and oxygen atoms in total. The third kappa shape index (κ3) is 5.68. The number of nitrogens with zero attached hydrogens (tertiary/aromatic N) is 1. The summed E-state index contributed by atoms with van der Waals surface area (Å²) in [4.78, 5) is 12.1. The molecule has 0 atom stereocenters. The molecule has 2 aromatic rings. The van der Waals surface area contributed by atoms with Crippen molar-refractivity contribution in [2.24, 2.45) is 11.0 Å².